The molecule has 0 aliphatic carbocycles. The lowest BCUT2D eigenvalue weighted by molar-refractivity contribution is 0.815. The van der Waals surface area contributed by atoms with E-state index in [4.69, 9.17) is 5.73 Å². The highest BCUT2D eigenvalue weighted by Crippen LogP contribution is 2.34. The number of nitrogens with two attached hydrogens (primary N) is 1. The van der Waals surface area contributed by atoms with Gasteiger partial charge in [0, 0.05) is 15.4 Å². The molecule has 0 bridgehead atoms. The number of halogens is 1. The second-order valence-corrected chi connectivity index (χ2v) is 6.52. The van der Waals surface area contributed by atoms with Gasteiger partial charge >= 0.3 is 0 Å². The molecule has 0 radical (unpaired) electrons. The minimum absolute atomic E-state index is 0.0385. The van der Waals surface area contributed by atoms with E-state index in [0.717, 1.165) is 31.1 Å². The van der Waals surface area contributed by atoms with E-state index in [9.17, 15) is 0 Å². The summed E-state index contributed by atoms with van der Waals surface area (Å²) >= 11 is 5.20. The molecule has 1 aromatic heterocycles. The second kappa shape index (κ2) is 5.60. The quantitative estimate of drug-likeness (QED) is 0.733. The van der Waals surface area contributed by atoms with E-state index in [1.807, 2.05) is 31.2 Å². The van der Waals surface area contributed by atoms with E-state index in [2.05, 4.69) is 44.1 Å². The van der Waals surface area contributed by atoms with Crippen LogP contribution in [-0.2, 0) is 0 Å². The van der Waals surface area contributed by atoms with Gasteiger partial charge in [-0.3, -0.25) is 0 Å². The minimum Gasteiger partial charge on any atom is -0.333 e. The molecule has 0 amide bonds. The summed E-state index contributed by atoms with van der Waals surface area (Å²) in [6, 6.07) is 14.3. The molecule has 0 saturated heterocycles. The molecule has 0 unspecified atom stereocenters. The molecule has 0 aliphatic rings. The number of fused-ring (bicyclic) bond motifs is 1. The van der Waals surface area contributed by atoms with Crippen LogP contribution < -0.4 is 5.73 Å². The Labute approximate surface area is 130 Å². The smallest absolute Gasteiger partial charge is 0.171 e. The van der Waals surface area contributed by atoms with Gasteiger partial charge in [0.15, 0.2) is 5.16 Å². The number of nitrogens with one attached hydrogen (secondary N) is 1. The number of nitrogens with zero attached hydrogens (tertiary/aromatic N) is 1. The van der Waals surface area contributed by atoms with E-state index < -0.39 is 0 Å². The van der Waals surface area contributed by atoms with Gasteiger partial charge in [-0.25, -0.2) is 4.98 Å². The maximum atomic E-state index is 5.89. The molecule has 102 valence electrons. The lowest BCUT2D eigenvalue weighted by atomic mass is 10.1. The summed E-state index contributed by atoms with van der Waals surface area (Å²) in [5.74, 6) is 0. The van der Waals surface area contributed by atoms with Gasteiger partial charge in [-0.05, 0) is 52.7 Å². The maximum Gasteiger partial charge on any atom is 0.171 e. The molecule has 1 heterocycles. The zero-order valence-corrected chi connectivity index (χ0v) is 13.3. The van der Waals surface area contributed by atoms with Crippen LogP contribution in [0.5, 0.6) is 0 Å². The van der Waals surface area contributed by atoms with Crippen LogP contribution in [0.4, 0.5) is 0 Å². The fourth-order valence-corrected chi connectivity index (χ4v) is 3.41. The van der Waals surface area contributed by atoms with Crippen LogP contribution >= 0.6 is 27.7 Å². The Hall–Kier alpha value is -1.30. The molecule has 0 aliphatic heterocycles. The first-order valence-corrected chi connectivity index (χ1v) is 7.92. The predicted octanol–water partition coefficient (Wildman–Crippen LogP) is 4.50. The highest BCUT2D eigenvalue weighted by atomic mass is 79.9. The van der Waals surface area contributed by atoms with Crippen molar-refractivity contribution in [2.75, 3.05) is 0 Å². The van der Waals surface area contributed by atoms with Crippen LogP contribution in [0, 0.1) is 0 Å². The Morgan fingerprint density at radius 2 is 2.05 bits per heavy atom. The molecule has 5 heteroatoms. The average Bonchev–Trinajstić information content (AvgIpc) is 2.83. The Morgan fingerprint density at radius 3 is 2.75 bits per heavy atom. The zero-order chi connectivity index (χ0) is 14.1. The third kappa shape index (κ3) is 2.75. The molecular formula is C15H14BrN3S. The Kier molecular flexibility index (Phi) is 3.83. The minimum atomic E-state index is 0.0385. The van der Waals surface area contributed by atoms with Crippen molar-refractivity contribution in [1.29, 1.82) is 0 Å². The van der Waals surface area contributed by atoms with Crippen molar-refractivity contribution in [2.24, 2.45) is 5.73 Å². The largest absolute Gasteiger partial charge is 0.333 e. The fraction of sp³-hybridized carbons (Fsp3) is 0.133. The number of aromatic amines is 1. The molecule has 3 aromatic rings. The van der Waals surface area contributed by atoms with Gasteiger partial charge in [-0.2, -0.15) is 0 Å². The monoisotopic (exact) mass is 347 g/mol. The van der Waals surface area contributed by atoms with Crippen molar-refractivity contribution in [3.05, 3.63) is 52.5 Å². The predicted molar refractivity (Wildman–Crippen MR) is 87.0 cm³/mol. The maximum absolute atomic E-state index is 5.89. The van der Waals surface area contributed by atoms with Crippen LogP contribution in [0.25, 0.3) is 11.0 Å². The molecule has 0 fully saturated rings. The van der Waals surface area contributed by atoms with Gasteiger partial charge in [0.05, 0.1) is 11.0 Å². The van der Waals surface area contributed by atoms with E-state index in [1.54, 1.807) is 11.8 Å². The van der Waals surface area contributed by atoms with Gasteiger partial charge in [-0.1, -0.05) is 30.0 Å². The first kappa shape index (κ1) is 13.7. The normalized spacial score (nSPS) is 12.8. The summed E-state index contributed by atoms with van der Waals surface area (Å²) in [4.78, 5) is 9.00. The molecule has 3 rings (SSSR count). The number of H-pyrrole nitrogens is 1. The number of hydrogen-bond acceptors (Lipinski definition) is 3. The first-order valence-electron chi connectivity index (χ1n) is 6.31. The van der Waals surface area contributed by atoms with Crippen molar-refractivity contribution < 1.29 is 0 Å². The Balaban J connectivity index is 1.90. The Morgan fingerprint density at radius 1 is 1.25 bits per heavy atom. The van der Waals surface area contributed by atoms with E-state index in [1.165, 1.54) is 0 Å². The van der Waals surface area contributed by atoms with Gasteiger partial charge < -0.3 is 10.7 Å². The topological polar surface area (TPSA) is 54.7 Å². The number of hydrogen-bond donors (Lipinski definition) is 2. The molecule has 2 aromatic carbocycles. The van der Waals surface area contributed by atoms with Crippen molar-refractivity contribution >= 4 is 38.7 Å². The van der Waals surface area contributed by atoms with Gasteiger partial charge in [-0.15, -0.1) is 0 Å². The van der Waals surface area contributed by atoms with Gasteiger partial charge in [0.1, 0.15) is 0 Å². The fourth-order valence-electron chi connectivity index (χ4n) is 1.96. The second-order valence-electron chi connectivity index (χ2n) is 4.64. The van der Waals surface area contributed by atoms with Gasteiger partial charge in [0.2, 0.25) is 0 Å². The Bertz CT molecular complexity index is 719. The molecular weight excluding hydrogens is 334 g/mol. The summed E-state index contributed by atoms with van der Waals surface area (Å²) in [5.41, 5.74) is 9.05. The number of para-hydroxylation sites is 2. The van der Waals surface area contributed by atoms with Crippen molar-refractivity contribution in [3.8, 4) is 0 Å². The van der Waals surface area contributed by atoms with Crippen LogP contribution in [0.3, 0.4) is 0 Å². The third-order valence-electron chi connectivity index (χ3n) is 3.06. The number of rotatable bonds is 3. The highest BCUT2D eigenvalue weighted by Gasteiger charge is 2.09. The lowest BCUT2D eigenvalue weighted by Crippen LogP contribution is -2.04. The lowest BCUT2D eigenvalue weighted by Gasteiger charge is -2.08. The summed E-state index contributed by atoms with van der Waals surface area (Å²) in [5, 5.41) is 0.889. The number of benzene rings is 2. The molecule has 3 nitrogen and oxygen atoms in total. The molecule has 0 spiro atoms. The summed E-state index contributed by atoms with van der Waals surface area (Å²) in [7, 11) is 0. The summed E-state index contributed by atoms with van der Waals surface area (Å²) in [6.07, 6.45) is 0. The number of aromatic nitrogens is 2. The first-order chi connectivity index (χ1) is 9.63. The summed E-state index contributed by atoms with van der Waals surface area (Å²) in [6.45, 7) is 1.98. The molecule has 0 saturated carbocycles. The highest BCUT2D eigenvalue weighted by molar-refractivity contribution is 9.10. The van der Waals surface area contributed by atoms with E-state index >= 15 is 0 Å². The SMILES string of the molecule is C[C@H](N)c1ccc(Sc2nc3ccccc3[nH]2)c(Br)c1. The van der Waals surface area contributed by atoms with Crippen LogP contribution in [0.1, 0.15) is 18.5 Å². The van der Waals surface area contributed by atoms with Crippen LogP contribution in [-0.4, -0.2) is 9.97 Å². The number of imidazole rings is 1. The van der Waals surface area contributed by atoms with Gasteiger partial charge in [0.25, 0.3) is 0 Å². The standard InChI is InChI=1S/C15H14BrN3S/c1-9(17)10-6-7-14(11(16)8-10)20-15-18-12-4-2-3-5-13(12)19-15/h2-9H,17H2,1H3,(H,18,19)/t9-/m0/s1. The van der Waals surface area contributed by atoms with Crippen molar-refractivity contribution in [1.82, 2.24) is 9.97 Å². The molecule has 3 N–H and O–H groups in total. The zero-order valence-electron chi connectivity index (χ0n) is 10.9. The van der Waals surface area contributed by atoms with Crippen LogP contribution in [0.15, 0.2) is 57.0 Å². The molecule has 20 heavy (non-hydrogen) atoms. The van der Waals surface area contributed by atoms with E-state index in [-0.39, 0.29) is 6.04 Å². The molecule has 1 atom stereocenters. The third-order valence-corrected chi connectivity index (χ3v) is 4.94. The van der Waals surface area contributed by atoms with Crippen molar-refractivity contribution in [2.45, 2.75) is 23.0 Å². The summed E-state index contributed by atoms with van der Waals surface area (Å²) < 4.78 is 1.04. The average molecular weight is 348 g/mol. The van der Waals surface area contributed by atoms with E-state index in [0.29, 0.717) is 0 Å². The van der Waals surface area contributed by atoms with Crippen LogP contribution in [0.2, 0.25) is 0 Å². The van der Waals surface area contributed by atoms with Crippen molar-refractivity contribution in [3.63, 3.8) is 0 Å².